The summed E-state index contributed by atoms with van der Waals surface area (Å²) in [5.41, 5.74) is 1.87. The molecule has 27 heavy (non-hydrogen) atoms. The number of halogens is 2. The number of rotatable bonds is 6. The summed E-state index contributed by atoms with van der Waals surface area (Å²) < 4.78 is 7.40. The molecule has 0 fully saturated rings. The molecule has 1 unspecified atom stereocenters. The summed E-state index contributed by atoms with van der Waals surface area (Å²) >= 11 is 13.5. The highest BCUT2D eigenvalue weighted by atomic mass is 35.5. The molecule has 0 amide bonds. The van der Waals surface area contributed by atoms with Crippen molar-refractivity contribution in [2.24, 2.45) is 0 Å². The Morgan fingerprint density at radius 2 is 1.89 bits per heavy atom. The Hall–Kier alpha value is -1.47. The van der Waals surface area contributed by atoms with Crippen LogP contribution in [0.15, 0.2) is 41.7 Å². The Morgan fingerprint density at radius 3 is 2.56 bits per heavy atom. The van der Waals surface area contributed by atoms with E-state index < -0.39 is 6.10 Å². The quantitative estimate of drug-likeness (QED) is 0.570. The summed E-state index contributed by atoms with van der Waals surface area (Å²) in [6.45, 7) is 6.69. The lowest BCUT2D eigenvalue weighted by Gasteiger charge is -2.19. The average Bonchev–Trinajstić information content (AvgIpc) is 3.01. The zero-order chi connectivity index (χ0) is 19.6. The average molecular weight is 426 g/mol. The van der Waals surface area contributed by atoms with Crippen molar-refractivity contribution in [3.8, 4) is 5.75 Å². The van der Waals surface area contributed by atoms with E-state index in [1.165, 1.54) is 17.3 Å². The van der Waals surface area contributed by atoms with E-state index in [0.717, 1.165) is 5.75 Å². The van der Waals surface area contributed by atoms with Crippen LogP contribution in [0.25, 0.3) is 5.65 Å². The minimum absolute atomic E-state index is 0.0987. The van der Waals surface area contributed by atoms with Crippen LogP contribution in [0.3, 0.4) is 0 Å². The van der Waals surface area contributed by atoms with Crippen LogP contribution in [0.5, 0.6) is 5.75 Å². The molecule has 0 saturated carbocycles. The van der Waals surface area contributed by atoms with Crippen LogP contribution in [0, 0.1) is 0 Å². The summed E-state index contributed by atoms with van der Waals surface area (Å²) in [6.07, 6.45) is 1.05. The SMILES string of the molecule is CC(C)(C)c1ccc(OCC(O)CSc2nnc3c(Cl)cc(Cl)cn23)cc1. The van der Waals surface area contributed by atoms with Gasteiger partial charge in [0.05, 0.1) is 16.1 Å². The standard InChI is InChI=1S/C19H21Cl2N3O2S/c1-19(2,3)12-4-6-15(7-5-12)26-10-14(25)11-27-18-23-22-17-16(21)8-13(20)9-24(17)18/h4-9,14,25H,10-11H2,1-3H3. The lowest BCUT2D eigenvalue weighted by atomic mass is 9.87. The van der Waals surface area contributed by atoms with E-state index in [9.17, 15) is 5.11 Å². The van der Waals surface area contributed by atoms with Crippen LogP contribution in [0.1, 0.15) is 26.3 Å². The largest absolute Gasteiger partial charge is 0.491 e. The van der Waals surface area contributed by atoms with Crippen molar-refractivity contribution in [3.05, 3.63) is 52.1 Å². The Labute approximate surface area is 172 Å². The molecule has 3 aromatic rings. The first-order valence-electron chi connectivity index (χ1n) is 8.48. The highest BCUT2D eigenvalue weighted by Crippen LogP contribution is 2.26. The number of aliphatic hydroxyl groups is 1. The van der Waals surface area contributed by atoms with Crippen LogP contribution < -0.4 is 4.74 Å². The van der Waals surface area contributed by atoms with Gasteiger partial charge in [0.25, 0.3) is 0 Å². The summed E-state index contributed by atoms with van der Waals surface area (Å²) in [6, 6.07) is 9.57. The number of hydrogen-bond donors (Lipinski definition) is 1. The molecule has 2 aromatic heterocycles. The second kappa shape index (κ2) is 8.27. The third kappa shape index (κ3) is 5.08. The number of aliphatic hydroxyl groups excluding tert-OH is 1. The summed E-state index contributed by atoms with van der Waals surface area (Å²) in [4.78, 5) is 0. The van der Waals surface area contributed by atoms with Gasteiger partial charge in [-0.1, -0.05) is 67.9 Å². The number of benzene rings is 1. The van der Waals surface area contributed by atoms with Gasteiger partial charge < -0.3 is 9.84 Å². The van der Waals surface area contributed by atoms with E-state index in [-0.39, 0.29) is 12.0 Å². The van der Waals surface area contributed by atoms with Gasteiger partial charge in [-0.25, -0.2) is 0 Å². The first-order valence-corrected chi connectivity index (χ1v) is 10.2. The smallest absolute Gasteiger partial charge is 0.195 e. The van der Waals surface area contributed by atoms with E-state index in [0.29, 0.717) is 26.6 Å². The van der Waals surface area contributed by atoms with Gasteiger partial charge in [-0.15, -0.1) is 10.2 Å². The lowest BCUT2D eigenvalue weighted by molar-refractivity contribution is 0.126. The molecule has 5 nitrogen and oxygen atoms in total. The molecular formula is C19H21Cl2N3O2S. The van der Waals surface area contributed by atoms with Gasteiger partial charge in [-0.05, 0) is 29.2 Å². The van der Waals surface area contributed by atoms with Crippen molar-refractivity contribution < 1.29 is 9.84 Å². The number of nitrogens with zero attached hydrogens (tertiary/aromatic N) is 3. The number of fused-ring (bicyclic) bond motifs is 1. The van der Waals surface area contributed by atoms with Crippen molar-refractivity contribution in [1.29, 1.82) is 0 Å². The van der Waals surface area contributed by atoms with Gasteiger partial charge in [0, 0.05) is 11.9 Å². The van der Waals surface area contributed by atoms with Crippen LogP contribution >= 0.6 is 35.0 Å². The van der Waals surface area contributed by atoms with E-state index in [2.05, 4.69) is 31.0 Å². The first-order chi connectivity index (χ1) is 12.7. The molecule has 0 saturated heterocycles. The molecule has 0 radical (unpaired) electrons. The molecule has 3 rings (SSSR count). The Kier molecular flexibility index (Phi) is 6.21. The number of pyridine rings is 1. The predicted molar refractivity (Wildman–Crippen MR) is 110 cm³/mol. The Bertz CT molecular complexity index is 923. The van der Waals surface area contributed by atoms with Crippen LogP contribution in [0.4, 0.5) is 0 Å². The number of ether oxygens (including phenoxy) is 1. The molecule has 144 valence electrons. The second-order valence-electron chi connectivity index (χ2n) is 7.23. The van der Waals surface area contributed by atoms with Crippen molar-refractivity contribution in [1.82, 2.24) is 14.6 Å². The maximum absolute atomic E-state index is 10.2. The summed E-state index contributed by atoms with van der Waals surface area (Å²) in [5.74, 6) is 1.14. The first kappa shape index (κ1) is 20.3. The van der Waals surface area contributed by atoms with Crippen molar-refractivity contribution >= 4 is 40.6 Å². The van der Waals surface area contributed by atoms with Crippen LogP contribution in [-0.4, -0.2) is 38.2 Å². The lowest BCUT2D eigenvalue weighted by Crippen LogP contribution is -2.20. The van der Waals surface area contributed by atoms with Gasteiger partial charge in [0.2, 0.25) is 0 Å². The predicted octanol–water partition coefficient (Wildman–Crippen LogP) is 4.87. The molecule has 0 bridgehead atoms. The third-order valence-corrected chi connectivity index (χ3v) is 5.54. The van der Waals surface area contributed by atoms with E-state index in [4.69, 9.17) is 27.9 Å². The van der Waals surface area contributed by atoms with Gasteiger partial charge in [-0.3, -0.25) is 4.40 Å². The fraction of sp³-hybridized carbons (Fsp3) is 0.368. The van der Waals surface area contributed by atoms with Gasteiger partial charge in [0.15, 0.2) is 10.8 Å². The highest BCUT2D eigenvalue weighted by molar-refractivity contribution is 7.99. The molecule has 0 aliphatic rings. The topological polar surface area (TPSA) is 59.7 Å². The Morgan fingerprint density at radius 1 is 1.19 bits per heavy atom. The number of aromatic nitrogens is 3. The third-order valence-electron chi connectivity index (χ3n) is 3.96. The fourth-order valence-corrected chi connectivity index (χ4v) is 3.79. The molecule has 0 spiro atoms. The molecule has 0 aliphatic carbocycles. The van der Waals surface area contributed by atoms with Crippen molar-refractivity contribution in [3.63, 3.8) is 0 Å². The van der Waals surface area contributed by atoms with Gasteiger partial charge in [0.1, 0.15) is 12.4 Å². The molecule has 1 atom stereocenters. The molecule has 2 heterocycles. The summed E-state index contributed by atoms with van der Waals surface area (Å²) in [5, 5.41) is 19.9. The van der Waals surface area contributed by atoms with Crippen LogP contribution in [-0.2, 0) is 5.41 Å². The maximum Gasteiger partial charge on any atom is 0.195 e. The molecule has 1 aromatic carbocycles. The van der Waals surface area contributed by atoms with Crippen LogP contribution in [0.2, 0.25) is 10.0 Å². The second-order valence-corrected chi connectivity index (χ2v) is 9.06. The normalized spacial score (nSPS) is 13.1. The molecular weight excluding hydrogens is 405 g/mol. The van der Waals surface area contributed by atoms with Crippen molar-refractivity contribution in [2.75, 3.05) is 12.4 Å². The number of thioether (sulfide) groups is 1. The fourth-order valence-electron chi connectivity index (χ4n) is 2.46. The Balaban J connectivity index is 1.55. The van der Waals surface area contributed by atoms with Crippen molar-refractivity contribution in [2.45, 2.75) is 37.4 Å². The number of hydrogen-bond acceptors (Lipinski definition) is 5. The highest BCUT2D eigenvalue weighted by Gasteiger charge is 2.15. The minimum atomic E-state index is -0.653. The summed E-state index contributed by atoms with van der Waals surface area (Å²) in [7, 11) is 0. The zero-order valence-corrected chi connectivity index (χ0v) is 17.6. The van der Waals surface area contributed by atoms with E-state index in [1.54, 1.807) is 16.7 Å². The monoisotopic (exact) mass is 425 g/mol. The molecule has 0 aliphatic heterocycles. The molecule has 8 heteroatoms. The van der Waals surface area contributed by atoms with E-state index in [1.807, 2.05) is 24.3 Å². The van der Waals surface area contributed by atoms with Gasteiger partial charge >= 0.3 is 0 Å². The minimum Gasteiger partial charge on any atom is -0.491 e. The molecule has 1 N–H and O–H groups in total. The van der Waals surface area contributed by atoms with E-state index >= 15 is 0 Å². The zero-order valence-electron chi connectivity index (χ0n) is 15.3. The maximum atomic E-state index is 10.2. The van der Waals surface area contributed by atoms with Gasteiger partial charge in [-0.2, -0.15) is 0 Å².